The van der Waals surface area contributed by atoms with Crippen molar-refractivity contribution in [3.8, 4) is 5.75 Å². The largest absolute Gasteiger partial charge is 0.492 e. The van der Waals surface area contributed by atoms with Crippen molar-refractivity contribution in [2.45, 2.75) is 36.1 Å². The lowest BCUT2D eigenvalue weighted by atomic mass is 10.0. The Hall–Kier alpha value is -1.12. The van der Waals surface area contributed by atoms with Gasteiger partial charge in [0, 0.05) is 13.1 Å². The first-order valence-electron chi connectivity index (χ1n) is 8.94. The Morgan fingerprint density at radius 2 is 1.79 bits per heavy atom. The third-order valence-electron chi connectivity index (χ3n) is 3.91. The molecule has 1 unspecified atom stereocenters. The van der Waals surface area contributed by atoms with Crippen molar-refractivity contribution >= 4 is 34.8 Å². The van der Waals surface area contributed by atoms with E-state index in [1.54, 1.807) is 4.68 Å². The SMILES string of the molecule is CN(C)CCOc1ccc(C(NCC(Cl)(Cl)Cl)c2nnnn2C(C)(C)C)cc1. The fourth-order valence-electron chi connectivity index (χ4n) is 2.53. The van der Waals surface area contributed by atoms with Gasteiger partial charge in [-0.25, -0.2) is 4.68 Å². The van der Waals surface area contributed by atoms with E-state index < -0.39 is 3.79 Å². The van der Waals surface area contributed by atoms with Gasteiger partial charge in [0.2, 0.25) is 3.79 Å². The molecule has 1 aromatic carbocycles. The third kappa shape index (κ3) is 7.04. The van der Waals surface area contributed by atoms with Crippen LogP contribution in [0.25, 0.3) is 0 Å². The number of nitrogens with one attached hydrogen (secondary N) is 1. The van der Waals surface area contributed by atoms with Gasteiger partial charge in [-0.2, -0.15) is 0 Å². The minimum atomic E-state index is -1.44. The Morgan fingerprint density at radius 1 is 1.14 bits per heavy atom. The first-order valence-corrected chi connectivity index (χ1v) is 10.1. The van der Waals surface area contributed by atoms with Gasteiger partial charge in [-0.3, -0.25) is 5.32 Å². The molecule has 0 saturated heterocycles. The van der Waals surface area contributed by atoms with E-state index >= 15 is 0 Å². The summed E-state index contributed by atoms with van der Waals surface area (Å²) in [7, 11) is 4.01. The van der Waals surface area contributed by atoms with Crippen LogP contribution in [0.1, 0.15) is 38.2 Å². The summed E-state index contributed by atoms with van der Waals surface area (Å²) in [6.07, 6.45) is 0. The van der Waals surface area contributed by atoms with E-state index in [-0.39, 0.29) is 18.1 Å². The van der Waals surface area contributed by atoms with Gasteiger partial charge < -0.3 is 9.64 Å². The third-order valence-corrected chi connectivity index (χ3v) is 4.32. The molecule has 7 nitrogen and oxygen atoms in total. The van der Waals surface area contributed by atoms with Crippen LogP contribution in [0.5, 0.6) is 5.75 Å². The number of aromatic nitrogens is 4. The molecule has 2 aromatic rings. The number of nitrogens with zero attached hydrogens (tertiary/aromatic N) is 5. The Labute approximate surface area is 181 Å². The van der Waals surface area contributed by atoms with E-state index in [1.807, 2.05) is 59.1 Å². The van der Waals surface area contributed by atoms with E-state index in [0.29, 0.717) is 12.4 Å². The van der Waals surface area contributed by atoms with Crippen molar-refractivity contribution in [2.75, 3.05) is 33.8 Å². The van der Waals surface area contributed by atoms with Crippen molar-refractivity contribution in [2.24, 2.45) is 0 Å². The number of alkyl halides is 3. The zero-order valence-electron chi connectivity index (χ0n) is 16.8. The number of hydrogen-bond donors (Lipinski definition) is 1. The van der Waals surface area contributed by atoms with Gasteiger partial charge in [-0.1, -0.05) is 46.9 Å². The maximum Gasteiger partial charge on any atom is 0.202 e. The normalized spacial score (nSPS) is 13.8. The molecule has 1 aromatic heterocycles. The average molecular weight is 450 g/mol. The molecular weight excluding hydrogens is 423 g/mol. The van der Waals surface area contributed by atoms with E-state index in [0.717, 1.165) is 17.9 Å². The first-order chi connectivity index (χ1) is 13.0. The smallest absolute Gasteiger partial charge is 0.202 e. The summed E-state index contributed by atoms with van der Waals surface area (Å²) in [6.45, 7) is 7.68. The number of hydrogen-bond acceptors (Lipinski definition) is 6. The van der Waals surface area contributed by atoms with Crippen molar-refractivity contribution in [1.82, 2.24) is 30.4 Å². The average Bonchev–Trinajstić information content (AvgIpc) is 3.05. The summed E-state index contributed by atoms with van der Waals surface area (Å²) >= 11 is 17.8. The second-order valence-electron chi connectivity index (χ2n) is 7.77. The summed E-state index contributed by atoms with van der Waals surface area (Å²) in [6, 6.07) is 7.41. The molecule has 10 heteroatoms. The number of ether oxygens (including phenoxy) is 1. The van der Waals surface area contributed by atoms with Crippen LogP contribution in [0.2, 0.25) is 0 Å². The maximum absolute atomic E-state index is 5.95. The zero-order valence-corrected chi connectivity index (χ0v) is 19.1. The molecule has 28 heavy (non-hydrogen) atoms. The Kier molecular flexibility index (Phi) is 7.93. The van der Waals surface area contributed by atoms with Crippen LogP contribution < -0.4 is 10.1 Å². The van der Waals surface area contributed by atoms with E-state index in [1.165, 1.54) is 0 Å². The minimum Gasteiger partial charge on any atom is -0.492 e. The van der Waals surface area contributed by atoms with Gasteiger partial charge in [0.05, 0.1) is 11.6 Å². The topological polar surface area (TPSA) is 68.1 Å². The van der Waals surface area contributed by atoms with Crippen LogP contribution in [-0.2, 0) is 5.54 Å². The van der Waals surface area contributed by atoms with Crippen LogP contribution in [0.15, 0.2) is 24.3 Å². The minimum absolute atomic E-state index is 0.139. The molecular formula is C18H27Cl3N6O. The molecule has 0 radical (unpaired) electrons. The highest BCUT2D eigenvalue weighted by atomic mass is 35.6. The quantitative estimate of drug-likeness (QED) is 0.623. The molecule has 0 spiro atoms. The number of benzene rings is 1. The summed E-state index contributed by atoms with van der Waals surface area (Å²) in [5.74, 6) is 1.43. The van der Waals surface area contributed by atoms with Crippen molar-refractivity contribution in [3.05, 3.63) is 35.7 Å². The van der Waals surface area contributed by atoms with Crippen molar-refractivity contribution in [1.29, 1.82) is 0 Å². The van der Waals surface area contributed by atoms with E-state index in [9.17, 15) is 0 Å². The summed E-state index contributed by atoms with van der Waals surface area (Å²) in [5.41, 5.74) is 0.642. The summed E-state index contributed by atoms with van der Waals surface area (Å²) in [4.78, 5) is 2.07. The highest BCUT2D eigenvalue weighted by Gasteiger charge is 2.29. The lowest BCUT2D eigenvalue weighted by molar-refractivity contribution is 0.261. The molecule has 0 fully saturated rings. The molecule has 0 amide bonds. The highest BCUT2D eigenvalue weighted by molar-refractivity contribution is 6.67. The van der Waals surface area contributed by atoms with Crippen molar-refractivity contribution in [3.63, 3.8) is 0 Å². The van der Waals surface area contributed by atoms with Crippen LogP contribution in [0.4, 0.5) is 0 Å². The van der Waals surface area contributed by atoms with Crippen LogP contribution in [-0.4, -0.2) is 62.7 Å². The van der Waals surface area contributed by atoms with Gasteiger partial charge in [0.1, 0.15) is 12.4 Å². The summed E-state index contributed by atoms with van der Waals surface area (Å²) in [5, 5.41) is 15.5. The number of likely N-dealkylation sites (N-methyl/N-ethyl adjacent to an activating group) is 1. The Balaban J connectivity index is 2.26. The van der Waals surface area contributed by atoms with Gasteiger partial charge >= 0.3 is 0 Å². The monoisotopic (exact) mass is 448 g/mol. The molecule has 0 aliphatic heterocycles. The fourth-order valence-corrected chi connectivity index (χ4v) is 2.76. The predicted octanol–water partition coefficient (Wildman–Crippen LogP) is 3.42. The lowest BCUT2D eigenvalue weighted by Gasteiger charge is -2.26. The van der Waals surface area contributed by atoms with Crippen molar-refractivity contribution < 1.29 is 4.74 Å². The Bertz CT molecular complexity index is 737. The lowest BCUT2D eigenvalue weighted by Crippen LogP contribution is -2.35. The Morgan fingerprint density at radius 3 is 2.32 bits per heavy atom. The van der Waals surface area contributed by atoms with Crippen LogP contribution in [0.3, 0.4) is 0 Å². The standard InChI is InChI=1S/C18H27Cl3N6O/c1-17(2,3)27-16(23-24-25-27)15(22-12-18(19,20)21)13-6-8-14(9-7-13)28-11-10-26(4)5/h6-9,15,22H,10-12H2,1-5H3. The van der Waals surface area contributed by atoms with Crippen LogP contribution >= 0.6 is 34.8 Å². The molecule has 0 aliphatic carbocycles. The molecule has 1 heterocycles. The van der Waals surface area contributed by atoms with Gasteiger partial charge in [-0.15, -0.1) is 5.10 Å². The second-order valence-corrected chi connectivity index (χ2v) is 10.3. The van der Waals surface area contributed by atoms with Gasteiger partial charge in [0.15, 0.2) is 5.82 Å². The number of tetrazole rings is 1. The molecule has 1 N–H and O–H groups in total. The first kappa shape index (κ1) is 23.2. The number of halogens is 3. The second kappa shape index (κ2) is 9.59. The predicted molar refractivity (Wildman–Crippen MR) is 113 cm³/mol. The van der Waals surface area contributed by atoms with Gasteiger partial charge in [0.25, 0.3) is 0 Å². The highest BCUT2D eigenvalue weighted by Crippen LogP contribution is 2.29. The van der Waals surface area contributed by atoms with E-state index in [4.69, 9.17) is 39.5 Å². The fraction of sp³-hybridized carbons (Fsp3) is 0.611. The number of rotatable bonds is 8. The molecule has 2 rings (SSSR count). The summed E-state index contributed by atoms with van der Waals surface area (Å²) < 4.78 is 6.09. The van der Waals surface area contributed by atoms with Crippen LogP contribution in [0, 0.1) is 0 Å². The van der Waals surface area contributed by atoms with E-state index in [2.05, 4.69) is 25.7 Å². The maximum atomic E-state index is 5.95. The molecule has 0 aliphatic rings. The molecule has 0 bridgehead atoms. The molecule has 1 atom stereocenters. The molecule has 0 saturated carbocycles. The van der Waals surface area contributed by atoms with Gasteiger partial charge in [-0.05, 0) is 63.0 Å². The zero-order chi connectivity index (χ0) is 20.9. The molecule has 156 valence electrons.